The summed E-state index contributed by atoms with van der Waals surface area (Å²) in [7, 11) is -3.50. The zero-order valence-electron chi connectivity index (χ0n) is 23.6. The quantitative estimate of drug-likeness (QED) is 0.130. The van der Waals surface area contributed by atoms with Gasteiger partial charge in [-0.05, 0) is 76.1 Å². The number of anilines is 2. The fourth-order valence-corrected chi connectivity index (χ4v) is 6.62. The van der Waals surface area contributed by atoms with Crippen molar-refractivity contribution in [2.24, 2.45) is 0 Å². The minimum absolute atomic E-state index is 0.0424. The molecule has 3 aromatic heterocycles. The maximum atomic E-state index is 13.4. The molecule has 45 heavy (non-hydrogen) atoms. The van der Waals surface area contributed by atoms with Gasteiger partial charge < -0.3 is 14.8 Å². The van der Waals surface area contributed by atoms with Gasteiger partial charge in [0.25, 0.3) is 0 Å². The fourth-order valence-electron chi connectivity index (χ4n) is 4.34. The second-order valence-corrected chi connectivity index (χ2v) is 13.7. The molecule has 6 aromatic rings. The van der Waals surface area contributed by atoms with E-state index in [1.165, 1.54) is 35.7 Å². The molecule has 0 aliphatic rings. The van der Waals surface area contributed by atoms with E-state index in [4.69, 9.17) is 9.47 Å². The summed E-state index contributed by atoms with van der Waals surface area (Å²) in [4.78, 5) is 17.7. The highest BCUT2D eigenvalue weighted by Gasteiger charge is 2.15. The number of ether oxygens (including phenoxy) is 2. The predicted octanol–water partition coefficient (Wildman–Crippen LogP) is 7.36. The summed E-state index contributed by atoms with van der Waals surface area (Å²) in [5, 5.41) is 6.79. The number of pyridine rings is 1. The van der Waals surface area contributed by atoms with Gasteiger partial charge in [-0.25, -0.2) is 32.7 Å². The molecule has 0 saturated heterocycles. The van der Waals surface area contributed by atoms with Gasteiger partial charge in [0, 0.05) is 34.4 Å². The molecule has 1 N–H and O–H groups in total. The molecule has 3 heterocycles. The molecule has 0 bridgehead atoms. The van der Waals surface area contributed by atoms with Gasteiger partial charge in [0.2, 0.25) is 5.95 Å². The smallest absolute Gasteiger partial charge is 0.227 e. The number of sulfone groups is 1. The lowest BCUT2D eigenvalue weighted by molar-refractivity contribution is 0.135. The van der Waals surface area contributed by atoms with Crippen molar-refractivity contribution in [1.82, 2.24) is 19.9 Å². The van der Waals surface area contributed by atoms with Crippen LogP contribution in [0.2, 0.25) is 0 Å². The van der Waals surface area contributed by atoms with Crippen LogP contribution in [0.25, 0.3) is 22.2 Å². The second kappa shape index (κ2) is 13.8. The third kappa shape index (κ3) is 7.87. The number of hydrogen-bond donors (Lipinski definition) is 1. The van der Waals surface area contributed by atoms with Crippen molar-refractivity contribution in [1.29, 1.82) is 0 Å². The summed E-state index contributed by atoms with van der Waals surface area (Å²) in [6, 6.07) is 22.4. The second-order valence-electron chi connectivity index (χ2n) is 9.82. The molecule has 0 amide bonds. The van der Waals surface area contributed by atoms with E-state index in [9.17, 15) is 12.8 Å². The molecule has 0 radical (unpaired) electrons. The number of fused-ring (bicyclic) bond motifs is 1. The third-order valence-electron chi connectivity index (χ3n) is 6.58. The summed E-state index contributed by atoms with van der Waals surface area (Å²) < 4.78 is 50.3. The Hall–Kier alpha value is -4.30. The molecule has 0 spiro atoms. The summed E-state index contributed by atoms with van der Waals surface area (Å²) in [5.41, 5.74) is 3.96. The molecule has 6 rings (SSSR count). The minimum Gasteiger partial charge on any atom is -0.488 e. The number of benzene rings is 3. The van der Waals surface area contributed by atoms with E-state index in [1.54, 1.807) is 24.4 Å². The summed E-state index contributed by atoms with van der Waals surface area (Å²) in [6.45, 7) is 0.502. The van der Waals surface area contributed by atoms with Crippen molar-refractivity contribution in [3.8, 4) is 17.0 Å². The lowest BCUT2D eigenvalue weighted by Gasteiger charge is -2.11. The van der Waals surface area contributed by atoms with Crippen molar-refractivity contribution in [2.75, 3.05) is 17.7 Å². The van der Waals surface area contributed by atoms with E-state index < -0.39 is 9.84 Å². The van der Waals surface area contributed by atoms with E-state index in [2.05, 4.69) is 41.2 Å². The van der Waals surface area contributed by atoms with Crippen LogP contribution in [0.5, 0.6) is 5.75 Å². The number of halogens is 2. The molecule has 0 saturated carbocycles. The Balaban J connectivity index is 1.04. The number of nitrogens with zero attached hydrogens (tertiary/aromatic N) is 4. The first-order chi connectivity index (χ1) is 21.8. The molecule has 0 aliphatic carbocycles. The molecular weight excluding hydrogens is 681 g/mol. The lowest BCUT2D eigenvalue weighted by atomic mass is 10.1. The molecule has 0 atom stereocenters. The van der Waals surface area contributed by atoms with Crippen molar-refractivity contribution >= 4 is 59.6 Å². The first kappa shape index (κ1) is 30.7. The number of nitrogens with one attached hydrogen (secondary N) is 1. The largest absolute Gasteiger partial charge is 0.488 e. The summed E-state index contributed by atoms with van der Waals surface area (Å²) in [6.07, 6.45) is 3.20. The topological polar surface area (TPSA) is 116 Å². The highest BCUT2D eigenvalue weighted by atomic mass is 79.9. The van der Waals surface area contributed by atoms with Crippen LogP contribution in [0.4, 0.5) is 16.0 Å². The van der Waals surface area contributed by atoms with Gasteiger partial charge >= 0.3 is 0 Å². The number of hydrogen-bond acceptors (Lipinski definition) is 10. The third-order valence-corrected chi connectivity index (χ3v) is 9.60. The average molecular weight is 707 g/mol. The Kier molecular flexibility index (Phi) is 9.40. The monoisotopic (exact) mass is 705 g/mol. The zero-order chi connectivity index (χ0) is 31.2. The Morgan fingerprint density at radius 1 is 0.933 bits per heavy atom. The molecule has 9 nitrogen and oxygen atoms in total. The summed E-state index contributed by atoms with van der Waals surface area (Å²) >= 11 is 4.98. The maximum absolute atomic E-state index is 13.4. The van der Waals surface area contributed by atoms with Gasteiger partial charge in [-0.2, -0.15) is 0 Å². The van der Waals surface area contributed by atoms with Gasteiger partial charge in [-0.3, -0.25) is 0 Å². The first-order valence-electron chi connectivity index (χ1n) is 13.7. The standard InChI is InChI=1S/C32H25BrFN5O4S2/c33-26-16-25(8-10-29(26)43-18-21-4-3-5-24(34)14-21)37-32-36-17-23-15-22(7-9-27(23)39-32)28-20-44-30(38-28)19-42-12-13-45(40,41)31-6-1-2-11-35-31/h1-11,14-17,20H,12-13,18-19H2,(H,36,37,39). The molecular formula is C32H25BrFN5O4S2. The minimum atomic E-state index is -3.50. The summed E-state index contributed by atoms with van der Waals surface area (Å²) in [5.74, 6) is 0.612. The number of aromatic nitrogens is 4. The normalized spacial score (nSPS) is 11.5. The van der Waals surface area contributed by atoms with Crippen molar-refractivity contribution in [3.05, 3.63) is 117 Å². The van der Waals surface area contributed by atoms with Gasteiger partial charge in [-0.1, -0.05) is 24.3 Å². The Bertz CT molecular complexity index is 2060. The Labute approximate surface area is 271 Å². The molecule has 0 aliphatic heterocycles. The van der Waals surface area contributed by atoms with Gasteiger partial charge in [-0.15, -0.1) is 11.3 Å². The molecule has 228 valence electrons. The average Bonchev–Trinajstić information content (AvgIpc) is 3.52. The number of rotatable bonds is 12. The van der Waals surface area contributed by atoms with E-state index in [1.807, 2.05) is 47.8 Å². The van der Waals surface area contributed by atoms with E-state index in [0.29, 0.717) is 11.7 Å². The van der Waals surface area contributed by atoms with Crippen LogP contribution in [-0.2, 0) is 27.8 Å². The van der Waals surface area contributed by atoms with Crippen LogP contribution in [0.3, 0.4) is 0 Å². The fraction of sp³-hybridized carbons (Fsp3) is 0.125. The van der Waals surface area contributed by atoms with Crippen molar-refractivity contribution in [2.45, 2.75) is 18.2 Å². The van der Waals surface area contributed by atoms with Crippen LogP contribution >= 0.6 is 27.3 Å². The van der Waals surface area contributed by atoms with Crippen LogP contribution < -0.4 is 10.1 Å². The molecule has 0 unspecified atom stereocenters. The van der Waals surface area contributed by atoms with E-state index in [0.717, 1.165) is 42.9 Å². The van der Waals surface area contributed by atoms with Gasteiger partial charge in [0.15, 0.2) is 14.9 Å². The van der Waals surface area contributed by atoms with Crippen LogP contribution in [0.15, 0.2) is 106 Å². The SMILES string of the molecule is O=S(=O)(CCOCc1nc(-c2ccc3nc(Nc4ccc(OCc5cccc(F)c5)c(Br)c4)ncc3c2)cs1)c1ccccn1. The molecule has 0 fully saturated rings. The van der Waals surface area contributed by atoms with Gasteiger partial charge in [0.1, 0.15) is 23.2 Å². The highest BCUT2D eigenvalue weighted by molar-refractivity contribution is 9.10. The molecule has 3 aromatic carbocycles. The van der Waals surface area contributed by atoms with E-state index >= 15 is 0 Å². The Morgan fingerprint density at radius 3 is 2.67 bits per heavy atom. The van der Waals surface area contributed by atoms with E-state index in [-0.39, 0.29) is 36.4 Å². The van der Waals surface area contributed by atoms with Crippen LogP contribution in [-0.4, -0.2) is 40.7 Å². The van der Waals surface area contributed by atoms with Crippen LogP contribution in [0, 0.1) is 5.82 Å². The zero-order valence-corrected chi connectivity index (χ0v) is 26.8. The first-order valence-corrected chi connectivity index (χ1v) is 17.0. The lowest BCUT2D eigenvalue weighted by Crippen LogP contribution is -2.13. The number of thiazole rings is 1. The van der Waals surface area contributed by atoms with Crippen molar-refractivity contribution < 1.29 is 22.3 Å². The Morgan fingerprint density at radius 2 is 1.84 bits per heavy atom. The molecule has 13 heteroatoms. The van der Waals surface area contributed by atoms with Crippen molar-refractivity contribution in [3.63, 3.8) is 0 Å². The predicted molar refractivity (Wildman–Crippen MR) is 175 cm³/mol. The maximum Gasteiger partial charge on any atom is 0.227 e. The highest BCUT2D eigenvalue weighted by Crippen LogP contribution is 2.31. The van der Waals surface area contributed by atoms with Crippen LogP contribution in [0.1, 0.15) is 10.6 Å². The van der Waals surface area contributed by atoms with Gasteiger partial charge in [0.05, 0.1) is 34.6 Å².